The van der Waals surface area contributed by atoms with Crippen molar-refractivity contribution in [2.24, 2.45) is 35.0 Å². The zero-order valence-electron chi connectivity index (χ0n) is 14.3. The number of hydrogen-bond donors (Lipinski definition) is 0. The molecule has 21 heavy (non-hydrogen) atoms. The van der Waals surface area contributed by atoms with Gasteiger partial charge in [-0.15, -0.1) is 0 Å². The lowest BCUT2D eigenvalue weighted by Crippen LogP contribution is -2.35. The first-order valence-electron chi connectivity index (χ1n) is 10.3. The Kier molecular flexibility index (Phi) is 4.09. The fourth-order valence-electron chi connectivity index (χ4n) is 7.29. The molecular weight excluding hydrogens is 252 g/mol. The van der Waals surface area contributed by atoms with E-state index in [4.69, 9.17) is 0 Å². The molecule has 5 unspecified atom stereocenters. The van der Waals surface area contributed by atoms with Gasteiger partial charge >= 0.3 is 0 Å². The number of hydrogen-bond acceptors (Lipinski definition) is 0. The monoisotopic (exact) mass is 288 g/mol. The average molecular weight is 289 g/mol. The molecule has 0 bridgehead atoms. The third kappa shape index (κ3) is 2.81. The molecule has 0 N–H and O–H groups in total. The van der Waals surface area contributed by atoms with Gasteiger partial charge in [0.2, 0.25) is 0 Å². The molecule has 4 saturated carbocycles. The van der Waals surface area contributed by atoms with Gasteiger partial charge in [-0.25, -0.2) is 0 Å². The summed E-state index contributed by atoms with van der Waals surface area (Å²) in [5.41, 5.74) is 0.720. The maximum absolute atomic E-state index is 2.64. The Morgan fingerprint density at radius 3 is 2.38 bits per heavy atom. The largest absolute Gasteiger partial charge is 0.0596 e. The van der Waals surface area contributed by atoms with E-state index in [-0.39, 0.29) is 0 Å². The van der Waals surface area contributed by atoms with Gasteiger partial charge in [-0.2, -0.15) is 0 Å². The van der Waals surface area contributed by atoms with Crippen molar-refractivity contribution in [3.8, 4) is 0 Å². The molecule has 4 aliphatic carbocycles. The predicted octanol–water partition coefficient (Wildman–Crippen LogP) is 6.59. The maximum Gasteiger partial charge on any atom is -0.0323 e. The van der Waals surface area contributed by atoms with E-state index in [1.54, 1.807) is 57.8 Å². The molecule has 4 rings (SSSR count). The van der Waals surface area contributed by atoms with Crippen molar-refractivity contribution in [2.45, 2.75) is 96.8 Å². The molecule has 0 aromatic rings. The molecule has 0 radical (unpaired) electrons. The zero-order chi connectivity index (χ0) is 14.3. The standard InChI is InChI=1S/C21H36/c1-21(12-5-2-6-13-21)15-18-10-7-9-17-14-16-8-3-4-11-19(16)20(17)18/h16-20H,2-15H2,1H3. The molecule has 0 amide bonds. The van der Waals surface area contributed by atoms with Gasteiger partial charge in [-0.1, -0.05) is 64.7 Å². The third-order valence-electron chi connectivity index (χ3n) is 8.12. The van der Waals surface area contributed by atoms with Crippen LogP contribution in [0.4, 0.5) is 0 Å². The Morgan fingerprint density at radius 2 is 1.52 bits per heavy atom. The molecule has 0 heteroatoms. The molecule has 0 aromatic carbocycles. The quantitative estimate of drug-likeness (QED) is 0.537. The van der Waals surface area contributed by atoms with Gasteiger partial charge in [0.25, 0.3) is 0 Å². The Balaban J connectivity index is 1.48. The summed E-state index contributed by atoms with van der Waals surface area (Å²) in [6, 6.07) is 0. The molecule has 0 aliphatic heterocycles. The second-order valence-electron chi connectivity index (χ2n) is 9.55. The smallest absolute Gasteiger partial charge is 0.0323 e. The van der Waals surface area contributed by atoms with Crippen molar-refractivity contribution in [3.63, 3.8) is 0 Å². The van der Waals surface area contributed by atoms with Crippen LogP contribution >= 0.6 is 0 Å². The lowest BCUT2D eigenvalue weighted by atomic mass is 9.61. The summed E-state index contributed by atoms with van der Waals surface area (Å²) in [5, 5.41) is 0. The molecule has 0 aromatic heterocycles. The van der Waals surface area contributed by atoms with Gasteiger partial charge < -0.3 is 0 Å². The van der Waals surface area contributed by atoms with Crippen LogP contribution in [0.15, 0.2) is 0 Å². The predicted molar refractivity (Wildman–Crippen MR) is 90.2 cm³/mol. The topological polar surface area (TPSA) is 0 Å². The first kappa shape index (κ1) is 14.6. The maximum atomic E-state index is 2.64. The summed E-state index contributed by atoms with van der Waals surface area (Å²) >= 11 is 0. The minimum Gasteiger partial charge on any atom is -0.0596 e. The lowest BCUT2D eigenvalue weighted by molar-refractivity contribution is 0.0602. The van der Waals surface area contributed by atoms with E-state index in [0.717, 1.165) is 35.0 Å². The van der Waals surface area contributed by atoms with Crippen molar-refractivity contribution in [3.05, 3.63) is 0 Å². The van der Waals surface area contributed by atoms with E-state index in [1.807, 2.05) is 0 Å². The van der Waals surface area contributed by atoms with Crippen molar-refractivity contribution >= 4 is 0 Å². The highest BCUT2D eigenvalue weighted by molar-refractivity contribution is 4.99. The SMILES string of the molecule is CC1(CC2CCCC3CC4CCCCC4C32)CCCCC1. The normalized spacial score (nSPS) is 45.9. The van der Waals surface area contributed by atoms with Crippen LogP contribution in [0.3, 0.4) is 0 Å². The highest BCUT2D eigenvalue weighted by atomic mass is 14.5. The number of rotatable bonds is 2. The van der Waals surface area contributed by atoms with Crippen LogP contribution in [0.25, 0.3) is 0 Å². The minimum atomic E-state index is 0.720. The third-order valence-corrected chi connectivity index (χ3v) is 8.12. The van der Waals surface area contributed by atoms with Gasteiger partial charge in [-0.3, -0.25) is 0 Å². The van der Waals surface area contributed by atoms with E-state index < -0.39 is 0 Å². The summed E-state index contributed by atoms with van der Waals surface area (Å²) in [6.45, 7) is 2.64. The lowest BCUT2D eigenvalue weighted by Gasteiger charge is -2.44. The molecule has 0 nitrogen and oxygen atoms in total. The average Bonchev–Trinajstić information content (AvgIpc) is 2.87. The molecule has 4 fully saturated rings. The second-order valence-corrected chi connectivity index (χ2v) is 9.55. The van der Waals surface area contributed by atoms with Crippen molar-refractivity contribution in [1.29, 1.82) is 0 Å². The van der Waals surface area contributed by atoms with E-state index in [0.29, 0.717) is 0 Å². The van der Waals surface area contributed by atoms with E-state index >= 15 is 0 Å². The summed E-state index contributed by atoms with van der Waals surface area (Å²) < 4.78 is 0. The van der Waals surface area contributed by atoms with Crippen molar-refractivity contribution in [2.75, 3.05) is 0 Å². The van der Waals surface area contributed by atoms with Gasteiger partial charge in [0.05, 0.1) is 0 Å². The van der Waals surface area contributed by atoms with E-state index in [2.05, 4.69) is 6.92 Å². The Labute approximate surface area is 132 Å². The molecule has 0 spiro atoms. The van der Waals surface area contributed by atoms with Gasteiger partial charge in [-0.05, 0) is 67.1 Å². The van der Waals surface area contributed by atoms with E-state index in [9.17, 15) is 0 Å². The van der Waals surface area contributed by atoms with Gasteiger partial charge in [0, 0.05) is 0 Å². The highest BCUT2D eigenvalue weighted by Crippen LogP contribution is 2.58. The fraction of sp³-hybridized carbons (Fsp3) is 1.00. The summed E-state index contributed by atoms with van der Waals surface area (Å²) in [5.74, 6) is 5.71. The van der Waals surface area contributed by atoms with Crippen LogP contribution in [0.1, 0.15) is 96.8 Å². The van der Waals surface area contributed by atoms with Gasteiger partial charge in [0.15, 0.2) is 0 Å². The van der Waals surface area contributed by atoms with Crippen LogP contribution in [0.2, 0.25) is 0 Å². The van der Waals surface area contributed by atoms with Crippen LogP contribution in [0, 0.1) is 35.0 Å². The first-order valence-corrected chi connectivity index (χ1v) is 10.3. The van der Waals surface area contributed by atoms with Gasteiger partial charge in [0.1, 0.15) is 0 Å². The molecule has 4 aliphatic rings. The molecule has 0 saturated heterocycles. The Morgan fingerprint density at radius 1 is 0.762 bits per heavy atom. The molecular formula is C21H36. The fourth-order valence-corrected chi connectivity index (χ4v) is 7.29. The van der Waals surface area contributed by atoms with Crippen LogP contribution in [-0.2, 0) is 0 Å². The van der Waals surface area contributed by atoms with Crippen LogP contribution < -0.4 is 0 Å². The second kappa shape index (κ2) is 5.89. The van der Waals surface area contributed by atoms with Crippen LogP contribution in [0.5, 0.6) is 0 Å². The molecule has 120 valence electrons. The molecule has 0 heterocycles. The summed E-state index contributed by atoms with van der Waals surface area (Å²) in [6.07, 6.45) is 21.8. The minimum absolute atomic E-state index is 0.720. The Bertz CT molecular complexity index is 351. The zero-order valence-corrected chi connectivity index (χ0v) is 14.3. The Hall–Kier alpha value is 0. The van der Waals surface area contributed by atoms with Crippen molar-refractivity contribution < 1.29 is 0 Å². The summed E-state index contributed by atoms with van der Waals surface area (Å²) in [4.78, 5) is 0. The van der Waals surface area contributed by atoms with Crippen LogP contribution in [-0.4, -0.2) is 0 Å². The highest BCUT2D eigenvalue weighted by Gasteiger charge is 2.49. The first-order chi connectivity index (χ1) is 10.3. The van der Waals surface area contributed by atoms with Crippen molar-refractivity contribution in [1.82, 2.24) is 0 Å². The van der Waals surface area contributed by atoms with E-state index in [1.165, 1.54) is 32.1 Å². The molecule has 5 atom stereocenters. The number of fused-ring (bicyclic) bond motifs is 3. The summed E-state index contributed by atoms with van der Waals surface area (Å²) in [7, 11) is 0.